The first kappa shape index (κ1) is 20.7. The fourth-order valence-electron chi connectivity index (χ4n) is 1.90. The van der Waals surface area contributed by atoms with E-state index in [2.05, 4.69) is 42.1 Å². The van der Waals surface area contributed by atoms with Gasteiger partial charge in [-0.2, -0.15) is 0 Å². The van der Waals surface area contributed by atoms with Crippen LogP contribution in [-0.2, 0) is 16.6 Å². The highest BCUT2D eigenvalue weighted by atomic mass is 79.9. The number of benzene rings is 1. The van der Waals surface area contributed by atoms with Crippen LogP contribution in [0.15, 0.2) is 10.5 Å². The van der Waals surface area contributed by atoms with Crippen LogP contribution in [0.4, 0.5) is 16.0 Å². The van der Waals surface area contributed by atoms with E-state index in [1.807, 2.05) is 0 Å². The van der Waals surface area contributed by atoms with Gasteiger partial charge in [-0.05, 0) is 39.3 Å². The van der Waals surface area contributed by atoms with Crippen molar-refractivity contribution in [2.75, 3.05) is 24.2 Å². The van der Waals surface area contributed by atoms with E-state index in [4.69, 9.17) is 11.6 Å². The highest BCUT2D eigenvalue weighted by Gasteiger charge is 2.26. The smallest absolute Gasteiger partial charge is 0.313 e. The van der Waals surface area contributed by atoms with E-state index in [1.54, 1.807) is 6.92 Å². The highest BCUT2D eigenvalue weighted by molar-refractivity contribution is 9.10. The number of carbonyl (C=O) groups excluding carboxylic acids is 3. The van der Waals surface area contributed by atoms with Gasteiger partial charge in [-0.1, -0.05) is 16.7 Å². The SMILES string of the molecule is CCN(C)C(=O)C(=O)Nc1c(Br)cc(F)c(C(=O)Nc2nnnn2C)c1Cl. The minimum Gasteiger partial charge on any atom is -0.338 e. The predicted octanol–water partition coefficient (Wildman–Crippen LogP) is 1.43. The Morgan fingerprint density at radius 3 is 2.59 bits per heavy atom. The van der Waals surface area contributed by atoms with E-state index in [9.17, 15) is 18.8 Å². The quantitative estimate of drug-likeness (QED) is 0.663. The Balaban J connectivity index is 2.36. The largest absolute Gasteiger partial charge is 0.338 e. The fourth-order valence-corrected chi connectivity index (χ4v) is 2.83. The Bertz CT molecular complexity index is 920. The molecule has 1 heterocycles. The number of nitrogens with zero attached hydrogens (tertiary/aromatic N) is 5. The molecule has 0 aliphatic carbocycles. The molecule has 1 aromatic carbocycles. The van der Waals surface area contributed by atoms with Crippen LogP contribution in [0.5, 0.6) is 0 Å². The molecule has 0 atom stereocenters. The van der Waals surface area contributed by atoms with Gasteiger partial charge in [0.2, 0.25) is 5.95 Å². The van der Waals surface area contributed by atoms with E-state index < -0.39 is 34.1 Å². The van der Waals surface area contributed by atoms with Crippen LogP contribution in [0.25, 0.3) is 0 Å². The number of amides is 3. The molecule has 144 valence electrons. The van der Waals surface area contributed by atoms with Crippen LogP contribution in [0.3, 0.4) is 0 Å². The number of rotatable bonds is 4. The van der Waals surface area contributed by atoms with Crippen molar-refractivity contribution < 1.29 is 18.8 Å². The maximum atomic E-state index is 14.3. The van der Waals surface area contributed by atoms with Crippen molar-refractivity contribution in [3.63, 3.8) is 0 Å². The van der Waals surface area contributed by atoms with Crippen LogP contribution >= 0.6 is 27.5 Å². The fraction of sp³-hybridized carbons (Fsp3) is 0.286. The molecule has 13 heteroatoms. The average Bonchev–Trinajstić information content (AvgIpc) is 3.01. The number of tetrazole rings is 1. The van der Waals surface area contributed by atoms with Gasteiger partial charge in [-0.15, -0.1) is 0 Å². The Morgan fingerprint density at radius 2 is 2.04 bits per heavy atom. The van der Waals surface area contributed by atoms with Crippen molar-refractivity contribution in [1.29, 1.82) is 0 Å². The van der Waals surface area contributed by atoms with Crippen LogP contribution < -0.4 is 10.6 Å². The maximum absolute atomic E-state index is 14.3. The van der Waals surface area contributed by atoms with E-state index in [0.717, 1.165) is 10.7 Å². The molecule has 0 aliphatic rings. The van der Waals surface area contributed by atoms with Crippen molar-refractivity contribution in [2.24, 2.45) is 7.05 Å². The lowest BCUT2D eigenvalue weighted by Crippen LogP contribution is -2.37. The topological polar surface area (TPSA) is 122 Å². The number of hydrogen-bond acceptors (Lipinski definition) is 6. The van der Waals surface area contributed by atoms with Crippen molar-refractivity contribution >= 4 is 56.9 Å². The molecule has 0 bridgehead atoms. The van der Waals surface area contributed by atoms with Gasteiger partial charge in [-0.25, -0.2) is 9.07 Å². The Labute approximate surface area is 166 Å². The summed E-state index contributed by atoms with van der Waals surface area (Å²) in [5, 5.41) is 14.6. The van der Waals surface area contributed by atoms with Crippen LogP contribution in [0, 0.1) is 5.82 Å². The number of carbonyl (C=O) groups is 3. The molecule has 2 rings (SSSR count). The minimum absolute atomic E-state index is 0.0382. The molecule has 1 aromatic heterocycles. The first-order chi connectivity index (χ1) is 12.7. The lowest BCUT2D eigenvalue weighted by Gasteiger charge is -2.16. The number of hydrogen-bond donors (Lipinski definition) is 2. The van der Waals surface area contributed by atoms with Crippen molar-refractivity contribution in [1.82, 2.24) is 25.1 Å². The van der Waals surface area contributed by atoms with Crippen molar-refractivity contribution in [3.05, 3.63) is 26.9 Å². The van der Waals surface area contributed by atoms with Gasteiger partial charge in [0.25, 0.3) is 5.91 Å². The Kier molecular flexibility index (Phi) is 6.44. The zero-order chi connectivity index (χ0) is 20.3. The van der Waals surface area contributed by atoms with Gasteiger partial charge >= 0.3 is 11.8 Å². The molecule has 27 heavy (non-hydrogen) atoms. The number of likely N-dealkylation sites (N-methyl/N-ethyl adjacent to an activating group) is 1. The minimum atomic E-state index is -0.989. The molecular formula is C14H14BrClFN7O3. The highest BCUT2D eigenvalue weighted by Crippen LogP contribution is 2.36. The van der Waals surface area contributed by atoms with Crippen molar-refractivity contribution in [3.8, 4) is 0 Å². The molecule has 2 N–H and O–H groups in total. The second kappa shape index (κ2) is 8.39. The van der Waals surface area contributed by atoms with Gasteiger partial charge in [0.1, 0.15) is 5.82 Å². The molecule has 0 spiro atoms. The first-order valence-corrected chi connectivity index (χ1v) is 8.62. The molecule has 0 saturated heterocycles. The van der Waals surface area contributed by atoms with E-state index >= 15 is 0 Å². The summed E-state index contributed by atoms with van der Waals surface area (Å²) < 4.78 is 15.5. The van der Waals surface area contributed by atoms with Crippen LogP contribution in [-0.4, -0.2) is 56.4 Å². The normalized spacial score (nSPS) is 10.4. The number of aromatic nitrogens is 4. The third-order valence-corrected chi connectivity index (χ3v) is 4.50. The second-order valence-electron chi connectivity index (χ2n) is 5.26. The summed E-state index contributed by atoms with van der Waals surface area (Å²) in [5.41, 5.74) is -0.670. The lowest BCUT2D eigenvalue weighted by atomic mass is 10.1. The molecular weight excluding hydrogens is 449 g/mol. The zero-order valence-corrected chi connectivity index (χ0v) is 16.7. The van der Waals surface area contributed by atoms with Gasteiger partial charge < -0.3 is 10.2 Å². The summed E-state index contributed by atoms with van der Waals surface area (Å²) in [6.07, 6.45) is 0. The average molecular weight is 463 g/mol. The summed E-state index contributed by atoms with van der Waals surface area (Å²) in [4.78, 5) is 37.6. The molecule has 0 aliphatic heterocycles. The van der Waals surface area contributed by atoms with Gasteiger partial charge in [0.05, 0.1) is 16.3 Å². The molecule has 2 aromatic rings. The third-order valence-electron chi connectivity index (χ3n) is 3.50. The lowest BCUT2D eigenvalue weighted by molar-refractivity contribution is -0.142. The summed E-state index contributed by atoms with van der Waals surface area (Å²) >= 11 is 9.18. The first-order valence-electron chi connectivity index (χ1n) is 7.45. The Hall–Kier alpha value is -2.60. The van der Waals surface area contributed by atoms with Crippen LogP contribution in [0.2, 0.25) is 5.02 Å². The molecule has 0 saturated carbocycles. The second-order valence-corrected chi connectivity index (χ2v) is 6.49. The van der Waals surface area contributed by atoms with Gasteiger partial charge in [0.15, 0.2) is 0 Å². The number of halogens is 3. The van der Waals surface area contributed by atoms with E-state index in [-0.39, 0.29) is 16.1 Å². The van der Waals surface area contributed by atoms with Gasteiger partial charge in [0, 0.05) is 25.1 Å². The molecule has 10 nitrogen and oxygen atoms in total. The molecule has 3 amide bonds. The monoisotopic (exact) mass is 461 g/mol. The maximum Gasteiger partial charge on any atom is 0.313 e. The van der Waals surface area contributed by atoms with E-state index in [0.29, 0.717) is 6.54 Å². The Morgan fingerprint density at radius 1 is 1.37 bits per heavy atom. The van der Waals surface area contributed by atoms with Crippen molar-refractivity contribution in [2.45, 2.75) is 6.92 Å². The third kappa shape index (κ3) is 4.39. The standard InChI is InChI=1S/C14H14BrClFN7O3/c1-4-23(2)13(27)12(26)18-10-6(15)5-7(17)8(9(10)16)11(25)19-14-20-21-22-24(14)3/h5H,4H2,1-3H3,(H,18,26)(H,19,20,22,25). The zero-order valence-electron chi connectivity index (χ0n) is 14.4. The molecule has 0 fully saturated rings. The number of anilines is 2. The summed E-state index contributed by atoms with van der Waals surface area (Å²) in [6, 6.07) is 0.944. The summed E-state index contributed by atoms with van der Waals surface area (Å²) in [5.74, 6) is -3.73. The number of nitrogens with one attached hydrogen (secondary N) is 2. The van der Waals surface area contributed by atoms with E-state index in [1.165, 1.54) is 19.0 Å². The van der Waals surface area contributed by atoms with Crippen LogP contribution in [0.1, 0.15) is 17.3 Å². The predicted molar refractivity (Wildman–Crippen MR) is 97.8 cm³/mol. The molecule has 0 unspecified atom stereocenters. The van der Waals surface area contributed by atoms with Gasteiger partial charge in [-0.3, -0.25) is 19.7 Å². The summed E-state index contributed by atoms with van der Waals surface area (Å²) in [7, 11) is 2.91. The summed E-state index contributed by atoms with van der Waals surface area (Å²) in [6.45, 7) is 2.00. The molecule has 0 radical (unpaired) electrons. The number of aryl methyl sites for hydroxylation is 1.